The summed E-state index contributed by atoms with van der Waals surface area (Å²) < 4.78 is 5.76. The van der Waals surface area contributed by atoms with E-state index in [1.165, 1.54) is 30.4 Å². The second-order valence-electron chi connectivity index (χ2n) is 10.8. The molecule has 2 amide bonds. The van der Waals surface area contributed by atoms with Gasteiger partial charge in [-0.3, -0.25) is 9.59 Å². The standard InChI is InChI=1S/C26H36N2O3/c1-18-4-5-23(10-19(18)2)31-17-24(29)27-6-3-7-28(9-8-27)25(30)26-14-20-11-21(15-26)13-22(12-20)16-26/h4-5,10,20-22H,3,6-9,11-17H2,1-2H3. The van der Waals surface area contributed by atoms with Crippen LogP contribution < -0.4 is 4.74 Å². The average molecular weight is 425 g/mol. The van der Waals surface area contributed by atoms with Crippen molar-refractivity contribution in [2.24, 2.45) is 23.2 Å². The normalized spacial score (nSPS) is 32.1. The Morgan fingerprint density at radius 2 is 1.52 bits per heavy atom. The molecular formula is C26H36N2O3. The molecule has 1 aliphatic heterocycles. The molecule has 0 atom stereocenters. The Bertz CT molecular complexity index is 829. The summed E-state index contributed by atoms with van der Waals surface area (Å²) in [6, 6.07) is 5.93. The van der Waals surface area contributed by atoms with Gasteiger partial charge in [-0.1, -0.05) is 6.07 Å². The Kier molecular flexibility index (Phi) is 5.47. The number of hydrogen-bond donors (Lipinski definition) is 0. The van der Waals surface area contributed by atoms with Gasteiger partial charge < -0.3 is 14.5 Å². The molecule has 31 heavy (non-hydrogen) atoms. The van der Waals surface area contributed by atoms with Crippen molar-refractivity contribution in [2.75, 3.05) is 32.8 Å². The summed E-state index contributed by atoms with van der Waals surface area (Å²) in [6.07, 6.45) is 8.26. The highest BCUT2D eigenvalue weighted by Crippen LogP contribution is 2.60. The highest BCUT2D eigenvalue weighted by atomic mass is 16.5. The topological polar surface area (TPSA) is 49.9 Å². The first kappa shape index (κ1) is 20.8. The molecule has 4 aliphatic carbocycles. The fraction of sp³-hybridized carbons (Fsp3) is 0.692. The Labute approximate surface area is 186 Å². The van der Waals surface area contributed by atoms with Gasteiger partial charge in [-0.2, -0.15) is 0 Å². The van der Waals surface area contributed by atoms with Crippen LogP contribution in [0.25, 0.3) is 0 Å². The van der Waals surface area contributed by atoms with Gasteiger partial charge in [-0.05, 0) is 99.8 Å². The molecule has 5 aliphatic rings. The van der Waals surface area contributed by atoms with Gasteiger partial charge in [0.2, 0.25) is 5.91 Å². The van der Waals surface area contributed by atoms with Gasteiger partial charge in [0.05, 0.1) is 5.41 Å². The lowest BCUT2D eigenvalue weighted by Crippen LogP contribution is -2.55. The number of carbonyl (C=O) groups is 2. The molecule has 5 fully saturated rings. The Morgan fingerprint density at radius 1 is 0.903 bits per heavy atom. The molecule has 4 bridgehead atoms. The molecule has 0 N–H and O–H groups in total. The first-order valence-electron chi connectivity index (χ1n) is 12.2. The van der Waals surface area contributed by atoms with E-state index in [0.717, 1.165) is 55.7 Å². The van der Waals surface area contributed by atoms with E-state index >= 15 is 0 Å². The zero-order valence-electron chi connectivity index (χ0n) is 19.1. The van der Waals surface area contributed by atoms with Gasteiger partial charge in [0.25, 0.3) is 5.91 Å². The first-order valence-corrected chi connectivity index (χ1v) is 12.2. The maximum absolute atomic E-state index is 13.6. The molecular weight excluding hydrogens is 388 g/mol. The van der Waals surface area contributed by atoms with Crippen LogP contribution in [0.1, 0.15) is 56.1 Å². The second kappa shape index (κ2) is 8.14. The number of carbonyl (C=O) groups excluding carboxylic acids is 2. The Balaban J connectivity index is 1.17. The van der Waals surface area contributed by atoms with Crippen molar-refractivity contribution in [2.45, 2.75) is 58.8 Å². The van der Waals surface area contributed by atoms with Crippen LogP contribution in [0.2, 0.25) is 0 Å². The smallest absolute Gasteiger partial charge is 0.260 e. The van der Waals surface area contributed by atoms with Crippen molar-refractivity contribution in [3.05, 3.63) is 29.3 Å². The lowest BCUT2D eigenvalue weighted by atomic mass is 9.49. The number of benzene rings is 1. The van der Waals surface area contributed by atoms with Crippen molar-refractivity contribution in [3.8, 4) is 5.75 Å². The SMILES string of the molecule is Cc1ccc(OCC(=O)N2CCCN(C(=O)C34CC5CC(CC(C5)C3)C4)CC2)cc1C. The summed E-state index contributed by atoms with van der Waals surface area (Å²) >= 11 is 0. The molecule has 0 spiro atoms. The molecule has 0 unspecified atom stereocenters. The molecule has 1 saturated heterocycles. The molecule has 0 aromatic heterocycles. The zero-order chi connectivity index (χ0) is 21.6. The summed E-state index contributed by atoms with van der Waals surface area (Å²) in [5.74, 6) is 3.49. The second-order valence-corrected chi connectivity index (χ2v) is 10.8. The van der Waals surface area contributed by atoms with Crippen LogP contribution in [0.15, 0.2) is 18.2 Å². The van der Waals surface area contributed by atoms with E-state index in [1.807, 2.05) is 30.0 Å². The van der Waals surface area contributed by atoms with Crippen LogP contribution in [-0.4, -0.2) is 54.4 Å². The zero-order valence-corrected chi connectivity index (χ0v) is 19.1. The fourth-order valence-electron chi connectivity index (χ4n) is 7.12. The minimum atomic E-state index is -0.0830. The van der Waals surface area contributed by atoms with Crippen molar-refractivity contribution < 1.29 is 14.3 Å². The van der Waals surface area contributed by atoms with Crippen LogP contribution in [-0.2, 0) is 9.59 Å². The number of hydrogen-bond acceptors (Lipinski definition) is 3. The van der Waals surface area contributed by atoms with Crippen LogP contribution >= 0.6 is 0 Å². The summed E-state index contributed by atoms with van der Waals surface area (Å²) in [5, 5.41) is 0. The van der Waals surface area contributed by atoms with Crippen molar-refractivity contribution in [3.63, 3.8) is 0 Å². The maximum Gasteiger partial charge on any atom is 0.260 e. The molecule has 6 rings (SSSR count). The van der Waals surface area contributed by atoms with Crippen LogP contribution in [0.3, 0.4) is 0 Å². The third kappa shape index (κ3) is 4.08. The number of amides is 2. The number of nitrogens with zero attached hydrogens (tertiary/aromatic N) is 2. The minimum absolute atomic E-state index is 0.0160. The van der Waals surface area contributed by atoms with E-state index in [2.05, 4.69) is 11.8 Å². The first-order chi connectivity index (χ1) is 14.9. The highest BCUT2D eigenvalue weighted by Gasteiger charge is 2.55. The minimum Gasteiger partial charge on any atom is -0.484 e. The van der Waals surface area contributed by atoms with E-state index in [9.17, 15) is 9.59 Å². The van der Waals surface area contributed by atoms with Gasteiger partial charge >= 0.3 is 0 Å². The van der Waals surface area contributed by atoms with Crippen molar-refractivity contribution >= 4 is 11.8 Å². The van der Waals surface area contributed by atoms with Gasteiger partial charge in [-0.15, -0.1) is 0 Å². The largest absolute Gasteiger partial charge is 0.484 e. The average Bonchev–Trinajstić information content (AvgIpc) is 2.99. The summed E-state index contributed by atoms with van der Waals surface area (Å²) in [5.41, 5.74) is 2.30. The lowest BCUT2D eigenvalue weighted by molar-refractivity contribution is -0.157. The van der Waals surface area contributed by atoms with Gasteiger partial charge in [0, 0.05) is 26.2 Å². The monoisotopic (exact) mass is 424 g/mol. The molecule has 1 aromatic carbocycles. The highest BCUT2D eigenvalue weighted by molar-refractivity contribution is 5.83. The van der Waals surface area contributed by atoms with E-state index in [-0.39, 0.29) is 17.9 Å². The summed E-state index contributed by atoms with van der Waals surface area (Å²) in [6.45, 7) is 6.95. The summed E-state index contributed by atoms with van der Waals surface area (Å²) in [7, 11) is 0. The predicted octanol–water partition coefficient (Wildman–Crippen LogP) is 3.96. The molecule has 0 radical (unpaired) electrons. The number of ether oxygens (including phenoxy) is 1. The van der Waals surface area contributed by atoms with Gasteiger partial charge in [0.1, 0.15) is 5.75 Å². The molecule has 4 saturated carbocycles. The third-order valence-electron chi connectivity index (χ3n) is 8.47. The van der Waals surface area contributed by atoms with E-state index in [0.29, 0.717) is 25.5 Å². The predicted molar refractivity (Wildman–Crippen MR) is 120 cm³/mol. The lowest BCUT2D eigenvalue weighted by Gasteiger charge is -2.56. The van der Waals surface area contributed by atoms with Crippen LogP contribution in [0, 0.1) is 37.0 Å². The number of rotatable bonds is 4. The quantitative estimate of drug-likeness (QED) is 0.735. The van der Waals surface area contributed by atoms with Gasteiger partial charge in [-0.25, -0.2) is 0 Å². The fourth-order valence-corrected chi connectivity index (χ4v) is 7.12. The molecule has 5 nitrogen and oxygen atoms in total. The summed E-state index contributed by atoms with van der Waals surface area (Å²) in [4.78, 5) is 30.4. The molecule has 5 heteroatoms. The van der Waals surface area contributed by atoms with Crippen LogP contribution in [0.5, 0.6) is 5.75 Å². The van der Waals surface area contributed by atoms with Crippen molar-refractivity contribution in [1.82, 2.24) is 9.80 Å². The van der Waals surface area contributed by atoms with Crippen molar-refractivity contribution in [1.29, 1.82) is 0 Å². The maximum atomic E-state index is 13.6. The van der Waals surface area contributed by atoms with Gasteiger partial charge in [0.15, 0.2) is 6.61 Å². The third-order valence-corrected chi connectivity index (χ3v) is 8.47. The molecule has 1 heterocycles. The molecule has 1 aromatic rings. The van der Waals surface area contributed by atoms with E-state index < -0.39 is 0 Å². The van der Waals surface area contributed by atoms with E-state index in [1.54, 1.807) is 0 Å². The Morgan fingerprint density at radius 3 is 2.16 bits per heavy atom. The molecule has 168 valence electrons. The number of aryl methyl sites for hydroxylation is 2. The Hall–Kier alpha value is -2.04. The van der Waals surface area contributed by atoms with E-state index in [4.69, 9.17) is 4.74 Å². The van der Waals surface area contributed by atoms with Crippen LogP contribution in [0.4, 0.5) is 0 Å².